The molecule has 0 fully saturated rings. The third kappa shape index (κ3) is 2.26. The molecule has 20 heavy (non-hydrogen) atoms. The molecule has 0 amide bonds. The van der Waals surface area contributed by atoms with Gasteiger partial charge in [-0.1, -0.05) is 18.2 Å². The van der Waals surface area contributed by atoms with Crippen LogP contribution in [0.25, 0.3) is 0 Å². The molecule has 1 heterocycles. The number of nitrogens with zero attached hydrogens (tertiary/aromatic N) is 1. The van der Waals surface area contributed by atoms with Crippen molar-refractivity contribution in [2.24, 2.45) is 0 Å². The van der Waals surface area contributed by atoms with E-state index in [4.69, 9.17) is 15.7 Å². The molecule has 1 aliphatic heterocycles. The number of nitriles is 1. The average Bonchev–Trinajstić information content (AvgIpc) is 2.49. The van der Waals surface area contributed by atoms with Gasteiger partial charge in [0, 0.05) is 12.0 Å². The molecule has 4 nitrogen and oxygen atoms in total. The molecule has 2 aromatic carbocycles. The predicted molar refractivity (Wildman–Crippen MR) is 78.5 cm³/mol. The number of ether oxygens (including phenoxy) is 1. The SMILES string of the molecule is N#Cc1ccc(NC2CCOc3ccccc32)c(N)c1. The zero-order valence-electron chi connectivity index (χ0n) is 11.0. The Balaban J connectivity index is 1.88. The van der Waals surface area contributed by atoms with Gasteiger partial charge in [-0.2, -0.15) is 5.26 Å². The average molecular weight is 265 g/mol. The number of nitrogens with one attached hydrogen (secondary N) is 1. The van der Waals surface area contributed by atoms with E-state index in [0.29, 0.717) is 17.9 Å². The van der Waals surface area contributed by atoms with Gasteiger partial charge in [0.2, 0.25) is 0 Å². The number of benzene rings is 2. The summed E-state index contributed by atoms with van der Waals surface area (Å²) in [5, 5.41) is 12.3. The highest BCUT2D eigenvalue weighted by Gasteiger charge is 2.21. The molecular formula is C16H15N3O. The summed E-state index contributed by atoms with van der Waals surface area (Å²) in [6.07, 6.45) is 0.885. The molecule has 2 aromatic rings. The molecule has 0 spiro atoms. The zero-order chi connectivity index (χ0) is 13.9. The van der Waals surface area contributed by atoms with E-state index in [-0.39, 0.29) is 6.04 Å². The predicted octanol–water partition coefficient (Wildman–Crippen LogP) is 3.08. The maximum absolute atomic E-state index is 8.86. The number of hydrogen-bond donors (Lipinski definition) is 2. The van der Waals surface area contributed by atoms with E-state index in [2.05, 4.69) is 17.5 Å². The minimum Gasteiger partial charge on any atom is -0.493 e. The molecule has 1 atom stereocenters. The van der Waals surface area contributed by atoms with Crippen molar-refractivity contribution in [3.05, 3.63) is 53.6 Å². The van der Waals surface area contributed by atoms with Crippen LogP contribution in [0.2, 0.25) is 0 Å². The van der Waals surface area contributed by atoms with Crippen LogP contribution >= 0.6 is 0 Å². The molecule has 0 radical (unpaired) electrons. The van der Waals surface area contributed by atoms with Gasteiger partial charge in [0.15, 0.2) is 0 Å². The summed E-state index contributed by atoms with van der Waals surface area (Å²) >= 11 is 0. The maximum atomic E-state index is 8.86. The molecule has 0 aromatic heterocycles. The third-order valence-corrected chi connectivity index (χ3v) is 3.47. The molecule has 0 aliphatic carbocycles. The lowest BCUT2D eigenvalue weighted by Gasteiger charge is -2.27. The Morgan fingerprint density at radius 2 is 2.10 bits per heavy atom. The van der Waals surface area contributed by atoms with Crippen molar-refractivity contribution in [3.63, 3.8) is 0 Å². The third-order valence-electron chi connectivity index (χ3n) is 3.47. The largest absolute Gasteiger partial charge is 0.493 e. The minimum atomic E-state index is 0.176. The Kier molecular flexibility index (Phi) is 3.18. The lowest BCUT2D eigenvalue weighted by atomic mass is 10.00. The number of para-hydroxylation sites is 1. The number of nitrogen functional groups attached to an aromatic ring is 1. The van der Waals surface area contributed by atoms with Gasteiger partial charge in [0.25, 0.3) is 0 Å². The fourth-order valence-corrected chi connectivity index (χ4v) is 2.44. The monoisotopic (exact) mass is 265 g/mol. The molecular weight excluding hydrogens is 250 g/mol. The van der Waals surface area contributed by atoms with Crippen LogP contribution in [0.4, 0.5) is 11.4 Å². The Hall–Kier alpha value is -2.67. The normalized spacial score (nSPS) is 16.6. The van der Waals surface area contributed by atoms with Crippen LogP contribution in [0.5, 0.6) is 5.75 Å². The second-order valence-corrected chi connectivity index (χ2v) is 4.79. The van der Waals surface area contributed by atoms with Gasteiger partial charge in [-0.3, -0.25) is 0 Å². The standard InChI is InChI=1S/C16H15N3O/c17-10-11-5-6-15(13(18)9-11)19-14-7-8-20-16-4-2-1-3-12(14)16/h1-6,9,14,19H,7-8,18H2. The van der Waals surface area contributed by atoms with Crippen molar-refractivity contribution in [2.75, 3.05) is 17.7 Å². The molecule has 4 heteroatoms. The zero-order valence-corrected chi connectivity index (χ0v) is 11.0. The number of fused-ring (bicyclic) bond motifs is 1. The summed E-state index contributed by atoms with van der Waals surface area (Å²) in [4.78, 5) is 0. The smallest absolute Gasteiger partial charge is 0.124 e. The van der Waals surface area contributed by atoms with Gasteiger partial charge in [0.1, 0.15) is 5.75 Å². The Morgan fingerprint density at radius 1 is 1.25 bits per heavy atom. The van der Waals surface area contributed by atoms with Gasteiger partial charge in [-0.05, 0) is 24.3 Å². The van der Waals surface area contributed by atoms with Gasteiger partial charge in [0.05, 0.1) is 35.7 Å². The van der Waals surface area contributed by atoms with E-state index >= 15 is 0 Å². The second kappa shape index (κ2) is 5.14. The van der Waals surface area contributed by atoms with E-state index in [1.165, 1.54) is 0 Å². The van der Waals surface area contributed by atoms with E-state index < -0.39 is 0 Å². The summed E-state index contributed by atoms with van der Waals surface area (Å²) < 4.78 is 5.64. The van der Waals surface area contributed by atoms with Crippen LogP contribution in [-0.2, 0) is 0 Å². The fourth-order valence-electron chi connectivity index (χ4n) is 2.44. The van der Waals surface area contributed by atoms with Crippen molar-refractivity contribution in [1.82, 2.24) is 0 Å². The van der Waals surface area contributed by atoms with E-state index in [1.54, 1.807) is 12.1 Å². The van der Waals surface area contributed by atoms with Gasteiger partial charge in [-0.25, -0.2) is 0 Å². The topological polar surface area (TPSA) is 71.1 Å². The first-order valence-electron chi connectivity index (χ1n) is 6.56. The number of hydrogen-bond acceptors (Lipinski definition) is 4. The molecule has 1 unspecified atom stereocenters. The Labute approximate surface area is 117 Å². The summed E-state index contributed by atoms with van der Waals surface area (Å²) in [5.41, 5.74) is 9.14. The first-order chi connectivity index (χ1) is 9.78. The van der Waals surface area contributed by atoms with Crippen LogP contribution in [0.15, 0.2) is 42.5 Å². The highest BCUT2D eigenvalue weighted by Crippen LogP contribution is 2.35. The molecule has 0 saturated carbocycles. The van der Waals surface area contributed by atoms with Crippen molar-refractivity contribution >= 4 is 11.4 Å². The van der Waals surface area contributed by atoms with E-state index in [1.807, 2.05) is 24.3 Å². The summed E-state index contributed by atoms with van der Waals surface area (Å²) in [5.74, 6) is 0.920. The molecule has 3 rings (SSSR count). The quantitative estimate of drug-likeness (QED) is 0.819. The number of rotatable bonds is 2. The Morgan fingerprint density at radius 3 is 2.90 bits per heavy atom. The molecule has 1 aliphatic rings. The van der Waals surface area contributed by atoms with E-state index in [0.717, 1.165) is 23.4 Å². The van der Waals surface area contributed by atoms with Gasteiger partial charge < -0.3 is 15.8 Å². The number of anilines is 2. The Bertz CT molecular complexity index is 676. The first-order valence-corrected chi connectivity index (χ1v) is 6.56. The molecule has 0 bridgehead atoms. The van der Waals surface area contributed by atoms with Gasteiger partial charge in [-0.15, -0.1) is 0 Å². The highest BCUT2D eigenvalue weighted by atomic mass is 16.5. The van der Waals surface area contributed by atoms with Crippen molar-refractivity contribution in [1.29, 1.82) is 5.26 Å². The fraction of sp³-hybridized carbons (Fsp3) is 0.188. The maximum Gasteiger partial charge on any atom is 0.124 e. The summed E-state index contributed by atoms with van der Waals surface area (Å²) in [7, 11) is 0. The van der Waals surface area contributed by atoms with Crippen LogP contribution in [0.1, 0.15) is 23.6 Å². The minimum absolute atomic E-state index is 0.176. The van der Waals surface area contributed by atoms with Crippen LogP contribution in [-0.4, -0.2) is 6.61 Å². The highest BCUT2D eigenvalue weighted by molar-refractivity contribution is 5.69. The summed E-state index contributed by atoms with van der Waals surface area (Å²) in [6.45, 7) is 0.685. The van der Waals surface area contributed by atoms with E-state index in [9.17, 15) is 0 Å². The van der Waals surface area contributed by atoms with Crippen LogP contribution < -0.4 is 15.8 Å². The lowest BCUT2D eigenvalue weighted by Crippen LogP contribution is -2.20. The first kappa shape index (κ1) is 12.4. The summed E-state index contributed by atoms with van der Waals surface area (Å²) in [6, 6.07) is 15.6. The van der Waals surface area contributed by atoms with Crippen molar-refractivity contribution < 1.29 is 4.74 Å². The molecule has 3 N–H and O–H groups in total. The molecule has 100 valence electrons. The molecule has 0 saturated heterocycles. The van der Waals surface area contributed by atoms with Gasteiger partial charge >= 0.3 is 0 Å². The van der Waals surface area contributed by atoms with Crippen molar-refractivity contribution in [3.8, 4) is 11.8 Å². The van der Waals surface area contributed by atoms with Crippen molar-refractivity contribution in [2.45, 2.75) is 12.5 Å². The second-order valence-electron chi connectivity index (χ2n) is 4.79. The lowest BCUT2D eigenvalue weighted by molar-refractivity contribution is 0.274. The van der Waals surface area contributed by atoms with Crippen LogP contribution in [0.3, 0.4) is 0 Å². The van der Waals surface area contributed by atoms with Crippen LogP contribution in [0, 0.1) is 11.3 Å². The number of nitrogens with two attached hydrogens (primary N) is 1.